The molecule has 1 aliphatic carbocycles. The van der Waals surface area contributed by atoms with E-state index in [2.05, 4.69) is 11.8 Å². The first-order chi connectivity index (χ1) is 8.33. The van der Waals surface area contributed by atoms with Gasteiger partial charge in [-0.1, -0.05) is 26.2 Å². The molecule has 3 heteroatoms. The zero-order valence-electron chi connectivity index (χ0n) is 10.7. The molecule has 1 N–H and O–H groups in total. The van der Waals surface area contributed by atoms with Gasteiger partial charge in [-0.3, -0.25) is 4.90 Å². The molecule has 1 fully saturated rings. The van der Waals surface area contributed by atoms with E-state index in [0.717, 1.165) is 24.9 Å². The highest BCUT2D eigenvalue weighted by molar-refractivity contribution is 5.06. The van der Waals surface area contributed by atoms with Crippen molar-refractivity contribution in [2.24, 2.45) is 0 Å². The number of aliphatic hydroxyl groups excluding tert-OH is 1. The van der Waals surface area contributed by atoms with Crippen molar-refractivity contribution < 1.29 is 9.52 Å². The van der Waals surface area contributed by atoms with Gasteiger partial charge in [-0.2, -0.15) is 0 Å². The maximum absolute atomic E-state index is 8.98. The summed E-state index contributed by atoms with van der Waals surface area (Å²) in [6, 6.07) is 4.57. The molecule has 0 saturated heterocycles. The molecule has 0 unspecified atom stereocenters. The van der Waals surface area contributed by atoms with Crippen LogP contribution in [-0.2, 0) is 13.2 Å². The van der Waals surface area contributed by atoms with Crippen LogP contribution in [0.25, 0.3) is 0 Å². The highest BCUT2D eigenvalue weighted by Gasteiger charge is 2.20. The van der Waals surface area contributed by atoms with E-state index in [1.165, 1.54) is 32.1 Å². The van der Waals surface area contributed by atoms with Gasteiger partial charge < -0.3 is 9.52 Å². The molecule has 0 atom stereocenters. The maximum Gasteiger partial charge on any atom is 0.129 e. The fraction of sp³-hybridized carbons (Fsp3) is 0.714. The van der Waals surface area contributed by atoms with Gasteiger partial charge >= 0.3 is 0 Å². The van der Waals surface area contributed by atoms with Crippen LogP contribution in [0, 0.1) is 0 Å². The van der Waals surface area contributed by atoms with Gasteiger partial charge in [-0.25, -0.2) is 0 Å². The summed E-state index contributed by atoms with van der Waals surface area (Å²) in [5.41, 5.74) is 0. The molecule has 1 aromatic rings. The number of rotatable bonds is 5. The lowest BCUT2D eigenvalue weighted by Crippen LogP contribution is -2.35. The van der Waals surface area contributed by atoms with Crippen LogP contribution < -0.4 is 0 Å². The number of nitrogens with zero attached hydrogens (tertiary/aromatic N) is 1. The lowest BCUT2D eigenvalue weighted by atomic mass is 9.94. The summed E-state index contributed by atoms with van der Waals surface area (Å²) in [7, 11) is 0. The van der Waals surface area contributed by atoms with Gasteiger partial charge in [0.05, 0.1) is 6.54 Å². The van der Waals surface area contributed by atoms with Crippen molar-refractivity contribution in [1.82, 2.24) is 4.90 Å². The van der Waals surface area contributed by atoms with Crippen molar-refractivity contribution in [3.8, 4) is 0 Å². The first kappa shape index (κ1) is 12.7. The molecule has 0 spiro atoms. The fourth-order valence-corrected chi connectivity index (χ4v) is 2.74. The average Bonchev–Trinajstić information content (AvgIpc) is 2.84. The average molecular weight is 237 g/mol. The van der Waals surface area contributed by atoms with Crippen molar-refractivity contribution in [3.05, 3.63) is 23.7 Å². The first-order valence-corrected chi connectivity index (χ1v) is 6.76. The lowest BCUT2D eigenvalue weighted by molar-refractivity contribution is 0.142. The highest BCUT2D eigenvalue weighted by atomic mass is 16.4. The SMILES string of the molecule is CCN(Cc1ccc(CO)o1)C1CCCCC1. The van der Waals surface area contributed by atoms with E-state index in [1.54, 1.807) is 0 Å². The summed E-state index contributed by atoms with van der Waals surface area (Å²) in [6.07, 6.45) is 6.76. The van der Waals surface area contributed by atoms with E-state index in [4.69, 9.17) is 9.52 Å². The van der Waals surface area contributed by atoms with Gasteiger partial charge in [0.25, 0.3) is 0 Å². The minimum atomic E-state index is -0.00441. The molecule has 2 rings (SSSR count). The Morgan fingerprint density at radius 1 is 1.24 bits per heavy atom. The van der Waals surface area contributed by atoms with Crippen molar-refractivity contribution in [2.45, 2.75) is 58.2 Å². The summed E-state index contributed by atoms with van der Waals surface area (Å²) in [5.74, 6) is 1.64. The predicted molar refractivity (Wildman–Crippen MR) is 67.6 cm³/mol. The van der Waals surface area contributed by atoms with Crippen molar-refractivity contribution in [3.63, 3.8) is 0 Å². The zero-order valence-corrected chi connectivity index (χ0v) is 10.7. The molecule has 1 saturated carbocycles. The van der Waals surface area contributed by atoms with Gasteiger partial charge in [0.1, 0.15) is 18.1 Å². The van der Waals surface area contributed by atoms with E-state index in [0.29, 0.717) is 5.76 Å². The predicted octanol–water partition coefficient (Wildman–Crippen LogP) is 2.93. The third kappa shape index (κ3) is 3.33. The smallest absolute Gasteiger partial charge is 0.129 e. The second-order valence-electron chi connectivity index (χ2n) is 4.88. The molecular formula is C14H23NO2. The van der Waals surface area contributed by atoms with Gasteiger partial charge in [0.15, 0.2) is 0 Å². The quantitative estimate of drug-likeness (QED) is 0.855. The monoisotopic (exact) mass is 237 g/mol. The minimum Gasteiger partial charge on any atom is -0.462 e. The Hall–Kier alpha value is -0.800. The van der Waals surface area contributed by atoms with Crippen LogP contribution >= 0.6 is 0 Å². The van der Waals surface area contributed by atoms with E-state index >= 15 is 0 Å². The Morgan fingerprint density at radius 3 is 2.53 bits per heavy atom. The van der Waals surface area contributed by atoms with Crippen LogP contribution in [-0.4, -0.2) is 22.6 Å². The molecule has 0 radical (unpaired) electrons. The number of hydrogen-bond donors (Lipinski definition) is 1. The summed E-state index contributed by atoms with van der Waals surface area (Å²) in [6.45, 7) is 4.15. The van der Waals surface area contributed by atoms with Crippen molar-refractivity contribution in [1.29, 1.82) is 0 Å². The topological polar surface area (TPSA) is 36.6 Å². The van der Waals surface area contributed by atoms with Gasteiger partial charge in [-0.15, -0.1) is 0 Å². The Bertz CT molecular complexity index is 329. The molecular weight excluding hydrogens is 214 g/mol. The van der Waals surface area contributed by atoms with Crippen LogP contribution in [0.3, 0.4) is 0 Å². The van der Waals surface area contributed by atoms with Crippen LogP contribution in [0.2, 0.25) is 0 Å². The zero-order chi connectivity index (χ0) is 12.1. The Balaban J connectivity index is 1.93. The molecule has 0 amide bonds. The third-order valence-electron chi connectivity index (χ3n) is 3.73. The van der Waals surface area contributed by atoms with Gasteiger partial charge in [0, 0.05) is 6.04 Å². The van der Waals surface area contributed by atoms with E-state index < -0.39 is 0 Å². The Morgan fingerprint density at radius 2 is 1.94 bits per heavy atom. The number of furan rings is 1. The van der Waals surface area contributed by atoms with E-state index in [1.807, 2.05) is 12.1 Å². The van der Waals surface area contributed by atoms with Crippen LogP contribution in [0.4, 0.5) is 0 Å². The molecule has 1 aromatic heterocycles. The lowest BCUT2D eigenvalue weighted by Gasteiger charge is -2.32. The molecule has 17 heavy (non-hydrogen) atoms. The largest absolute Gasteiger partial charge is 0.462 e. The minimum absolute atomic E-state index is 0.00441. The molecule has 1 aliphatic rings. The molecule has 3 nitrogen and oxygen atoms in total. The van der Waals surface area contributed by atoms with Crippen molar-refractivity contribution >= 4 is 0 Å². The maximum atomic E-state index is 8.98. The second kappa shape index (κ2) is 6.22. The third-order valence-corrected chi connectivity index (χ3v) is 3.73. The fourth-order valence-electron chi connectivity index (χ4n) is 2.74. The highest BCUT2D eigenvalue weighted by Crippen LogP contribution is 2.24. The summed E-state index contributed by atoms with van der Waals surface area (Å²) in [4.78, 5) is 2.50. The van der Waals surface area contributed by atoms with E-state index in [9.17, 15) is 0 Å². The molecule has 1 heterocycles. The van der Waals surface area contributed by atoms with E-state index in [-0.39, 0.29) is 6.61 Å². The summed E-state index contributed by atoms with van der Waals surface area (Å²) in [5, 5.41) is 8.98. The van der Waals surface area contributed by atoms with Crippen molar-refractivity contribution in [2.75, 3.05) is 6.54 Å². The normalized spacial score (nSPS) is 17.8. The Kier molecular flexibility index (Phi) is 4.63. The number of hydrogen-bond acceptors (Lipinski definition) is 3. The summed E-state index contributed by atoms with van der Waals surface area (Å²) >= 11 is 0. The number of aliphatic hydroxyl groups is 1. The standard InChI is InChI=1S/C14H23NO2/c1-2-15(12-6-4-3-5-7-12)10-13-8-9-14(11-16)17-13/h8-9,12,16H,2-7,10-11H2,1H3. The van der Waals surface area contributed by atoms with Crippen LogP contribution in [0.5, 0.6) is 0 Å². The molecule has 0 aliphatic heterocycles. The van der Waals surface area contributed by atoms with Crippen LogP contribution in [0.1, 0.15) is 50.5 Å². The molecule has 0 bridgehead atoms. The van der Waals surface area contributed by atoms with Crippen LogP contribution in [0.15, 0.2) is 16.5 Å². The van der Waals surface area contributed by atoms with Gasteiger partial charge in [-0.05, 0) is 31.5 Å². The summed E-state index contributed by atoms with van der Waals surface area (Å²) < 4.78 is 5.56. The first-order valence-electron chi connectivity index (χ1n) is 6.76. The molecule has 0 aromatic carbocycles. The second-order valence-corrected chi connectivity index (χ2v) is 4.88. The Labute approximate surface area is 103 Å². The molecule has 96 valence electrons. The van der Waals surface area contributed by atoms with Gasteiger partial charge in [0.2, 0.25) is 0 Å².